The van der Waals surface area contributed by atoms with Crippen LogP contribution >= 0.6 is 11.8 Å². The highest BCUT2D eigenvalue weighted by molar-refractivity contribution is 8.01. The van der Waals surface area contributed by atoms with Crippen molar-refractivity contribution in [3.8, 4) is 0 Å². The second-order valence-electron chi connectivity index (χ2n) is 6.35. The third-order valence-electron chi connectivity index (χ3n) is 4.54. The van der Waals surface area contributed by atoms with E-state index in [1.165, 1.54) is 23.0 Å². The molecule has 0 aliphatic carbocycles. The topological polar surface area (TPSA) is 124 Å². The normalized spacial score (nSPS) is 17.6. The van der Waals surface area contributed by atoms with Gasteiger partial charge in [-0.25, -0.2) is 8.42 Å². The maximum absolute atomic E-state index is 13.2. The van der Waals surface area contributed by atoms with Crippen LogP contribution in [-0.4, -0.2) is 34.9 Å². The number of nitrogens with zero attached hydrogens (tertiary/aromatic N) is 3. The lowest BCUT2D eigenvalue weighted by atomic mass is 10.1. The fourth-order valence-electron chi connectivity index (χ4n) is 3.02. The molecule has 11 heteroatoms. The Morgan fingerprint density at radius 2 is 1.57 bits per heavy atom. The molecule has 2 aromatic rings. The van der Waals surface area contributed by atoms with E-state index in [0.717, 1.165) is 23.3 Å². The van der Waals surface area contributed by atoms with Gasteiger partial charge in [-0.3, -0.25) is 20.2 Å². The molecular formula is C17H17N3O6S2. The summed E-state index contributed by atoms with van der Waals surface area (Å²) >= 11 is 1.43. The van der Waals surface area contributed by atoms with Gasteiger partial charge in [0.1, 0.15) is 5.56 Å². The summed E-state index contributed by atoms with van der Waals surface area (Å²) in [6, 6.07) is 9.21. The molecular weight excluding hydrogens is 406 g/mol. The van der Waals surface area contributed by atoms with Crippen molar-refractivity contribution < 1.29 is 18.3 Å². The van der Waals surface area contributed by atoms with Gasteiger partial charge in [0, 0.05) is 24.4 Å². The van der Waals surface area contributed by atoms with Crippen LogP contribution in [0.25, 0.3) is 0 Å². The van der Waals surface area contributed by atoms with Gasteiger partial charge < -0.3 is 0 Å². The van der Waals surface area contributed by atoms with E-state index in [9.17, 15) is 28.6 Å². The van der Waals surface area contributed by atoms with E-state index in [1.807, 2.05) is 31.2 Å². The van der Waals surface area contributed by atoms with Crippen LogP contribution in [0.4, 0.5) is 11.4 Å². The molecule has 1 unspecified atom stereocenters. The second-order valence-corrected chi connectivity index (χ2v) is 9.43. The van der Waals surface area contributed by atoms with Gasteiger partial charge >= 0.3 is 0 Å². The predicted molar refractivity (Wildman–Crippen MR) is 105 cm³/mol. The quantitative estimate of drug-likeness (QED) is 0.532. The van der Waals surface area contributed by atoms with Crippen LogP contribution < -0.4 is 0 Å². The first-order chi connectivity index (χ1) is 13.1. The van der Waals surface area contributed by atoms with Crippen molar-refractivity contribution in [3.05, 3.63) is 73.3 Å². The standard InChI is InChI=1S/C17H17N3O6S2/c1-11-3-5-13(6-4-11)17-18(7-8-27-17)28(25,26)14-9-15(19(21)22)12(2)16(10-14)20(23)24/h3-6,9-10,17H,7-8H2,1-2H3. The molecule has 2 aromatic carbocycles. The summed E-state index contributed by atoms with van der Waals surface area (Å²) in [4.78, 5) is 20.5. The first-order valence-electron chi connectivity index (χ1n) is 8.26. The highest BCUT2D eigenvalue weighted by atomic mass is 32.2. The van der Waals surface area contributed by atoms with Crippen molar-refractivity contribution in [1.82, 2.24) is 4.31 Å². The van der Waals surface area contributed by atoms with Gasteiger partial charge in [0.25, 0.3) is 11.4 Å². The molecule has 0 bridgehead atoms. The average Bonchev–Trinajstić information content (AvgIpc) is 3.12. The lowest BCUT2D eigenvalue weighted by molar-refractivity contribution is -0.395. The van der Waals surface area contributed by atoms with Crippen molar-refractivity contribution in [2.24, 2.45) is 0 Å². The van der Waals surface area contributed by atoms with Crippen LogP contribution in [0.5, 0.6) is 0 Å². The minimum absolute atomic E-state index is 0.181. The van der Waals surface area contributed by atoms with Crippen LogP contribution in [0.2, 0.25) is 0 Å². The van der Waals surface area contributed by atoms with Crippen molar-refractivity contribution in [2.45, 2.75) is 24.1 Å². The van der Waals surface area contributed by atoms with Gasteiger partial charge in [-0.1, -0.05) is 29.8 Å². The van der Waals surface area contributed by atoms with Crippen LogP contribution in [0, 0.1) is 34.1 Å². The highest BCUT2D eigenvalue weighted by Gasteiger charge is 2.39. The van der Waals surface area contributed by atoms with Gasteiger partial charge in [-0.15, -0.1) is 11.8 Å². The Balaban J connectivity index is 2.10. The SMILES string of the molecule is Cc1ccc(C2SCCN2S(=O)(=O)c2cc([N+](=O)[O-])c(C)c([N+](=O)[O-])c2)cc1. The maximum atomic E-state index is 13.2. The number of nitro benzene ring substituents is 2. The van der Waals surface area contributed by atoms with E-state index in [4.69, 9.17) is 0 Å². The van der Waals surface area contributed by atoms with E-state index >= 15 is 0 Å². The molecule has 1 saturated heterocycles. The second kappa shape index (κ2) is 7.49. The molecule has 28 heavy (non-hydrogen) atoms. The average molecular weight is 423 g/mol. The first kappa shape index (κ1) is 20.2. The largest absolute Gasteiger partial charge is 0.280 e. The number of benzene rings is 2. The fourth-order valence-corrected chi connectivity index (χ4v) is 6.30. The van der Waals surface area contributed by atoms with E-state index in [0.29, 0.717) is 5.75 Å². The van der Waals surface area contributed by atoms with E-state index in [1.54, 1.807) is 0 Å². The summed E-state index contributed by atoms with van der Waals surface area (Å²) in [7, 11) is -4.17. The number of thioether (sulfide) groups is 1. The fraction of sp³-hybridized carbons (Fsp3) is 0.294. The molecule has 1 atom stereocenters. The number of sulfonamides is 1. The smallest absolute Gasteiger partial charge is 0.258 e. The van der Waals surface area contributed by atoms with Crippen molar-refractivity contribution in [2.75, 3.05) is 12.3 Å². The third-order valence-corrected chi connectivity index (χ3v) is 7.77. The minimum atomic E-state index is -4.17. The summed E-state index contributed by atoms with van der Waals surface area (Å²) in [5, 5.41) is 22.1. The molecule has 148 valence electrons. The van der Waals surface area contributed by atoms with Crippen LogP contribution in [-0.2, 0) is 10.0 Å². The molecule has 1 aliphatic rings. The summed E-state index contributed by atoms with van der Waals surface area (Å²) in [6.45, 7) is 3.36. The predicted octanol–water partition coefficient (Wildman–Crippen LogP) is 3.56. The van der Waals surface area contributed by atoms with Crippen LogP contribution in [0.3, 0.4) is 0 Å². The van der Waals surface area contributed by atoms with Gasteiger partial charge in [-0.2, -0.15) is 4.31 Å². The van der Waals surface area contributed by atoms with Gasteiger partial charge in [0.05, 0.1) is 20.1 Å². The molecule has 9 nitrogen and oxygen atoms in total. The molecule has 0 radical (unpaired) electrons. The lowest BCUT2D eigenvalue weighted by Crippen LogP contribution is -2.30. The zero-order valence-corrected chi connectivity index (χ0v) is 16.7. The highest BCUT2D eigenvalue weighted by Crippen LogP contribution is 2.42. The number of hydrogen-bond donors (Lipinski definition) is 0. The minimum Gasteiger partial charge on any atom is -0.258 e. The molecule has 3 rings (SSSR count). The molecule has 0 saturated carbocycles. The van der Waals surface area contributed by atoms with Gasteiger partial charge in [-0.05, 0) is 19.4 Å². The van der Waals surface area contributed by atoms with Crippen molar-refractivity contribution in [1.29, 1.82) is 0 Å². The Kier molecular flexibility index (Phi) is 5.41. The molecule has 0 aromatic heterocycles. The van der Waals surface area contributed by atoms with Crippen LogP contribution in [0.15, 0.2) is 41.3 Å². The third kappa shape index (κ3) is 3.60. The van der Waals surface area contributed by atoms with Gasteiger partial charge in [0.15, 0.2) is 0 Å². The summed E-state index contributed by atoms with van der Waals surface area (Å²) < 4.78 is 27.7. The number of nitro groups is 2. The Morgan fingerprint density at radius 1 is 1.04 bits per heavy atom. The summed E-state index contributed by atoms with van der Waals surface area (Å²) in [5.74, 6) is 0.549. The zero-order valence-electron chi connectivity index (χ0n) is 15.1. The lowest BCUT2D eigenvalue weighted by Gasteiger charge is -2.23. The number of rotatable bonds is 5. The van der Waals surface area contributed by atoms with E-state index in [-0.39, 0.29) is 12.1 Å². The van der Waals surface area contributed by atoms with Crippen LogP contribution in [0.1, 0.15) is 22.1 Å². The zero-order chi connectivity index (χ0) is 20.6. The Morgan fingerprint density at radius 3 is 2.07 bits per heavy atom. The molecule has 0 amide bonds. The van der Waals surface area contributed by atoms with E-state index < -0.39 is 41.5 Å². The summed E-state index contributed by atoms with van der Waals surface area (Å²) in [6.07, 6.45) is 0. The Labute approximate surface area is 165 Å². The molecule has 1 heterocycles. The van der Waals surface area contributed by atoms with Crippen molar-refractivity contribution >= 4 is 33.2 Å². The molecule has 0 spiro atoms. The molecule has 0 N–H and O–H groups in total. The van der Waals surface area contributed by atoms with Gasteiger partial charge in [0.2, 0.25) is 10.0 Å². The van der Waals surface area contributed by atoms with Crippen molar-refractivity contribution in [3.63, 3.8) is 0 Å². The number of aryl methyl sites for hydroxylation is 1. The molecule has 1 fully saturated rings. The maximum Gasteiger partial charge on any atom is 0.280 e. The number of hydrogen-bond acceptors (Lipinski definition) is 7. The monoisotopic (exact) mass is 423 g/mol. The summed E-state index contributed by atoms with van der Waals surface area (Å²) in [5.41, 5.74) is 0.455. The Bertz CT molecular complexity index is 1020. The Hall–Kier alpha value is -2.50. The van der Waals surface area contributed by atoms with E-state index in [2.05, 4.69) is 0 Å². The molecule has 1 aliphatic heterocycles. The first-order valence-corrected chi connectivity index (χ1v) is 10.7.